The van der Waals surface area contributed by atoms with Gasteiger partial charge in [0.15, 0.2) is 9.84 Å². The summed E-state index contributed by atoms with van der Waals surface area (Å²) in [6, 6.07) is 16.4. The number of halogens is 1. The van der Waals surface area contributed by atoms with Crippen LogP contribution in [0.1, 0.15) is 25.3 Å². The van der Waals surface area contributed by atoms with E-state index in [4.69, 9.17) is 0 Å². The number of rotatable bonds is 3. The van der Waals surface area contributed by atoms with Crippen molar-refractivity contribution in [3.8, 4) is 0 Å². The number of likely N-dealkylation sites (tertiary alicyclic amines) is 1. The first-order valence-electron chi connectivity index (χ1n) is 9.29. The Morgan fingerprint density at radius 1 is 1.11 bits per heavy atom. The minimum absolute atomic E-state index is 0.143. The number of sulfone groups is 1. The van der Waals surface area contributed by atoms with Crippen LogP contribution < -0.4 is 5.32 Å². The molecule has 2 aliphatic heterocycles. The van der Waals surface area contributed by atoms with Crippen molar-refractivity contribution in [2.45, 2.75) is 41.0 Å². The summed E-state index contributed by atoms with van der Waals surface area (Å²) in [6.07, 6.45) is 1.17. The standard InChI is InChI=1S/C21H23BrN2O3S/c1-20(15-7-6-8-16(22)13-15)11-12-21(23-20)18(14-24(2)19(21)25)28(26,27)17-9-4-3-5-10-17/h3-10,13,18,23H,11-12,14H2,1-2H3. The minimum Gasteiger partial charge on any atom is -0.343 e. The van der Waals surface area contributed by atoms with Crippen molar-refractivity contribution < 1.29 is 13.2 Å². The molecule has 148 valence electrons. The Labute approximate surface area is 174 Å². The quantitative estimate of drug-likeness (QED) is 0.760. The third-order valence-electron chi connectivity index (χ3n) is 6.14. The molecule has 0 aliphatic carbocycles. The predicted molar refractivity (Wildman–Crippen MR) is 112 cm³/mol. The number of carbonyl (C=O) groups is 1. The zero-order valence-electron chi connectivity index (χ0n) is 15.9. The molecule has 2 fully saturated rings. The van der Waals surface area contributed by atoms with Crippen LogP contribution >= 0.6 is 15.9 Å². The molecule has 5 nitrogen and oxygen atoms in total. The van der Waals surface area contributed by atoms with Crippen LogP contribution in [0.25, 0.3) is 0 Å². The lowest BCUT2D eigenvalue weighted by molar-refractivity contribution is -0.131. The van der Waals surface area contributed by atoms with Crippen LogP contribution in [0.2, 0.25) is 0 Å². The second kappa shape index (κ2) is 6.68. The Morgan fingerprint density at radius 2 is 1.82 bits per heavy atom. The van der Waals surface area contributed by atoms with Crippen molar-refractivity contribution in [1.29, 1.82) is 0 Å². The average molecular weight is 463 g/mol. The molecule has 1 spiro atoms. The molecule has 4 rings (SSSR count). The highest BCUT2D eigenvalue weighted by Gasteiger charge is 2.63. The predicted octanol–water partition coefficient (Wildman–Crippen LogP) is 3.10. The number of hydrogen-bond donors (Lipinski definition) is 1. The number of amides is 1. The van der Waals surface area contributed by atoms with Gasteiger partial charge in [-0.2, -0.15) is 0 Å². The molecular formula is C21H23BrN2O3S. The molecule has 2 aromatic carbocycles. The molecule has 0 radical (unpaired) electrons. The SMILES string of the molecule is CN1CC(S(=O)(=O)c2ccccc2)C2(CCC(C)(c3cccc(Br)c3)N2)C1=O. The highest BCUT2D eigenvalue weighted by Crippen LogP contribution is 2.46. The summed E-state index contributed by atoms with van der Waals surface area (Å²) in [6.45, 7) is 2.24. The van der Waals surface area contributed by atoms with Gasteiger partial charge < -0.3 is 4.90 Å². The number of benzene rings is 2. The van der Waals surface area contributed by atoms with E-state index < -0.39 is 26.2 Å². The van der Waals surface area contributed by atoms with Crippen molar-refractivity contribution in [2.75, 3.05) is 13.6 Å². The number of nitrogens with one attached hydrogen (secondary N) is 1. The van der Waals surface area contributed by atoms with Gasteiger partial charge in [-0.15, -0.1) is 0 Å². The Balaban J connectivity index is 1.77. The van der Waals surface area contributed by atoms with Crippen LogP contribution in [-0.2, 0) is 20.2 Å². The van der Waals surface area contributed by atoms with E-state index in [-0.39, 0.29) is 17.3 Å². The Kier molecular flexibility index (Phi) is 4.68. The molecule has 2 aliphatic rings. The Bertz CT molecular complexity index is 1030. The van der Waals surface area contributed by atoms with E-state index in [0.717, 1.165) is 10.0 Å². The number of hydrogen-bond acceptors (Lipinski definition) is 4. The fourth-order valence-corrected chi connectivity index (χ4v) is 7.11. The molecule has 2 heterocycles. The molecule has 0 aromatic heterocycles. The van der Waals surface area contributed by atoms with Crippen LogP contribution in [0.3, 0.4) is 0 Å². The van der Waals surface area contributed by atoms with E-state index in [1.165, 1.54) is 0 Å². The third-order valence-corrected chi connectivity index (χ3v) is 8.87. The largest absolute Gasteiger partial charge is 0.343 e. The van der Waals surface area contributed by atoms with Gasteiger partial charge in [-0.05, 0) is 49.6 Å². The first-order chi connectivity index (χ1) is 13.2. The monoisotopic (exact) mass is 462 g/mol. The van der Waals surface area contributed by atoms with Gasteiger partial charge in [0, 0.05) is 23.6 Å². The van der Waals surface area contributed by atoms with Gasteiger partial charge in [0.05, 0.1) is 4.90 Å². The maximum absolute atomic E-state index is 13.5. The van der Waals surface area contributed by atoms with Crippen molar-refractivity contribution in [3.05, 3.63) is 64.6 Å². The summed E-state index contributed by atoms with van der Waals surface area (Å²) < 4.78 is 27.9. The van der Waals surface area contributed by atoms with E-state index in [1.807, 2.05) is 31.2 Å². The van der Waals surface area contributed by atoms with Gasteiger partial charge in [0.1, 0.15) is 10.8 Å². The van der Waals surface area contributed by atoms with Crippen LogP contribution in [0, 0.1) is 0 Å². The summed E-state index contributed by atoms with van der Waals surface area (Å²) in [5.74, 6) is -0.143. The zero-order chi connectivity index (χ0) is 20.2. The molecule has 2 saturated heterocycles. The summed E-state index contributed by atoms with van der Waals surface area (Å²) in [5.41, 5.74) is -0.549. The van der Waals surface area contributed by atoms with Gasteiger partial charge in [-0.1, -0.05) is 46.3 Å². The van der Waals surface area contributed by atoms with Crippen molar-refractivity contribution >= 4 is 31.7 Å². The van der Waals surface area contributed by atoms with Crippen LogP contribution in [0.4, 0.5) is 0 Å². The smallest absolute Gasteiger partial charge is 0.244 e. The second-order valence-corrected chi connectivity index (χ2v) is 11.0. The lowest BCUT2D eigenvalue weighted by Crippen LogP contribution is -2.59. The van der Waals surface area contributed by atoms with Crippen LogP contribution in [0.15, 0.2) is 64.0 Å². The van der Waals surface area contributed by atoms with Gasteiger partial charge >= 0.3 is 0 Å². The molecule has 0 bridgehead atoms. The van der Waals surface area contributed by atoms with Crippen LogP contribution in [-0.4, -0.2) is 43.6 Å². The van der Waals surface area contributed by atoms with Crippen molar-refractivity contribution in [3.63, 3.8) is 0 Å². The van der Waals surface area contributed by atoms with Gasteiger partial charge in [-0.3, -0.25) is 10.1 Å². The maximum atomic E-state index is 13.5. The molecule has 1 N–H and O–H groups in total. The van der Waals surface area contributed by atoms with Gasteiger partial charge in [0.25, 0.3) is 0 Å². The highest BCUT2D eigenvalue weighted by molar-refractivity contribution is 9.10. The van der Waals surface area contributed by atoms with Crippen LogP contribution in [0.5, 0.6) is 0 Å². The normalized spacial score (nSPS) is 30.3. The second-order valence-electron chi connectivity index (χ2n) is 7.97. The first-order valence-corrected chi connectivity index (χ1v) is 11.6. The van der Waals surface area contributed by atoms with Crippen molar-refractivity contribution in [1.82, 2.24) is 10.2 Å². The topological polar surface area (TPSA) is 66.5 Å². The van der Waals surface area contributed by atoms with E-state index in [0.29, 0.717) is 12.8 Å². The van der Waals surface area contributed by atoms with E-state index >= 15 is 0 Å². The molecule has 0 saturated carbocycles. The van der Waals surface area contributed by atoms with E-state index in [1.54, 1.807) is 42.3 Å². The lowest BCUT2D eigenvalue weighted by atomic mass is 9.90. The Morgan fingerprint density at radius 3 is 2.50 bits per heavy atom. The lowest BCUT2D eigenvalue weighted by Gasteiger charge is -2.33. The average Bonchev–Trinajstić information content (AvgIpc) is 3.16. The number of nitrogens with zero attached hydrogens (tertiary/aromatic N) is 1. The minimum atomic E-state index is -3.67. The fraction of sp³-hybridized carbons (Fsp3) is 0.381. The van der Waals surface area contributed by atoms with E-state index in [9.17, 15) is 13.2 Å². The molecule has 3 atom stereocenters. The fourth-order valence-electron chi connectivity index (χ4n) is 4.62. The molecule has 3 unspecified atom stereocenters. The van der Waals surface area contributed by atoms with Gasteiger partial charge in [-0.25, -0.2) is 8.42 Å². The highest BCUT2D eigenvalue weighted by atomic mass is 79.9. The summed E-state index contributed by atoms with van der Waals surface area (Å²) in [5, 5.41) is 2.68. The van der Waals surface area contributed by atoms with Gasteiger partial charge in [0.2, 0.25) is 5.91 Å². The number of carbonyl (C=O) groups excluding carboxylic acids is 1. The third kappa shape index (κ3) is 2.91. The molecule has 7 heteroatoms. The maximum Gasteiger partial charge on any atom is 0.244 e. The molecular weight excluding hydrogens is 440 g/mol. The zero-order valence-corrected chi connectivity index (χ0v) is 18.3. The molecule has 2 aromatic rings. The first kappa shape index (κ1) is 19.6. The summed E-state index contributed by atoms with van der Waals surface area (Å²) >= 11 is 3.51. The Hall–Kier alpha value is -1.70. The molecule has 28 heavy (non-hydrogen) atoms. The van der Waals surface area contributed by atoms with Crippen molar-refractivity contribution in [2.24, 2.45) is 0 Å². The molecule has 1 amide bonds. The summed E-state index contributed by atoms with van der Waals surface area (Å²) in [4.78, 5) is 15.0. The van der Waals surface area contributed by atoms with E-state index in [2.05, 4.69) is 21.2 Å². The number of likely N-dealkylation sites (N-methyl/N-ethyl adjacent to an activating group) is 1. The summed E-state index contributed by atoms with van der Waals surface area (Å²) in [7, 11) is -1.99.